The maximum atomic E-state index is 12.0. The molecule has 1 aromatic carbocycles. The number of fused-ring (bicyclic) bond motifs is 1. The van der Waals surface area contributed by atoms with Crippen LogP contribution in [0.1, 0.15) is 21.7 Å². The second-order valence-corrected chi connectivity index (χ2v) is 5.85. The molecular formula is C15H13N3O2S. The van der Waals surface area contributed by atoms with Gasteiger partial charge in [-0.3, -0.25) is 4.79 Å². The number of aromatic nitrogens is 1. The molecule has 5 nitrogen and oxygen atoms in total. The predicted molar refractivity (Wildman–Crippen MR) is 81.6 cm³/mol. The van der Waals surface area contributed by atoms with Crippen molar-refractivity contribution >= 4 is 28.9 Å². The number of allylic oxidation sites excluding steroid dienone is 1. The summed E-state index contributed by atoms with van der Waals surface area (Å²) in [5.74, 6) is -0.188. The summed E-state index contributed by atoms with van der Waals surface area (Å²) in [6, 6.07) is 7.51. The van der Waals surface area contributed by atoms with Crippen LogP contribution in [0.2, 0.25) is 0 Å². The lowest BCUT2D eigenvalue weighted by Gasteiger charge is -2.09. The van der Waals surface area contributed by atoms with E-state index in [0.717, 1.165) is 20.7 Å². The van der Waals surface area contributed by atoms with Gasteiger partial charge in [0.05, 0.1) is 5.69 Å². The molecule has 0 radical (unpaired) electrons. The minimum atomic E-state index is -0.188. The SMILES string of the molecule is Cc1s/c(=N/N=C2\C(=O)C=Cc3ccccc32)n(O)c1C. The van der Waals surface area contributed by atoms with Crippen molar-refractivity contribution < 1.29 is 10.0 Å². The molecule has 0 fully saturated rings. The summed E-state index contributed by atoms with van der Waals surface area (Å²) >= 11 is 1.32. The lowest BCUT2D eigenvalue weighted by atomic mass is 9.95. The van der Waals surface area contributed by atoms with Crippen LogP contribution in [0.4, 0.5) is 0 Å². The summed E-state index contributed by atoms with van der Waals surface area (Å²) < 4.78 is 0.985. The zero-order valence-corrected chi connectivity index (χ0v) is 12.4. The van der Waals surface area contributed by atoms with Crippen molar-refractivity contribution in [1.82, 2.24) is 4.73 Å². The number of hydrogen-bond donors (Lipinski definition) is 1. The Bertz CT molecular complexity index is 856. The van der Waals surface area contributed by atoms with E-state index >= 15 is 0 Å². The molecule has 0 aliphatic heterocycles. The molecule has 1 heterocycles. The summed E-state index contributed by atoms with van der Waals surface area (Å²) in [6.07, 6.45) is 3.25. The van der Waals surface area contributed by atoms with Gasteiger partial charge in [-0.1, -0.05) is 41.7 Å². The number of carbonyl (C=O) groups is 1. The fraction of sp³-hybridized carbons (Fsp3) is 0.133. The monoisotopic (exact) mass is 299 g/mol. The Morgan fingerprint density at radius 1 is 1.14 bits per heavy atom. The molecule has 0 spiro atoms. The van der Waals surface area contributed by atoms with Gasteiger partial charge < -0.3 is 5.21 Å². The van der Waals surface area contributed by atoms with E-state index in [-0.39, 0.29) is 11.5 Å². The molecule has 21 heavy (non-hydrogen) atoms. The van der Waals surface area contributed by atoms with Gasteiger partial charge in [0, 0.05) is 10.4 Å². The first kappa shape index (κ1) is 13.5. The van der Waals surface area contributed by atoms with Gasteiger partial charge in [-0.25, -0.2) is 0 Å². The number of thiazole rings is 1. The number of hydrogen-bond acceptors (Lipinski definition) is 5. The van der Waals surface area contributed by atoms with E-state index in [1.165, 1.54) is 17.4 Å². The molecule has 0 atom stereocenters. The van der Waals surface area contributed by atoms with Crippen LogP contribution >= 0.6 is 11.3 Å². The molecule has 3 rings (SSSR count). The van der Waals surface area contributed by atoms with Gasteiger partial charge in [-0.2, -0.15) is 4.73 Å². The second-order valence-electron chi connectivity index (χ2n) is 4.67. The molecule has 0 unspecified atom stereocenters. The molecule has 1 aromatic heterocycles. The van der Waals surface area contributed by atoms with E-state index in [1.54, 1.807) is 13.0 Å². The van der Waals surface area contributed by atoms with Gasteiger partial charge >= 0.3 is 0 Å². The number of carbonyl (C=O) groups excluding carboxylic acids is 1. The first-order valence-electron chi connectivity index (χ1n) is 6.39. The number of rotatable bonds is 1. The largest absolute Gasteiger partial charge is 0.426 e. The van der Waals surface area contributed by atoms with E-state index in [4.69, 9.17) is 0 Å². The Morgan fingerprint density at radius 2 is 1.90 bits per heavy atom. The Kier molecular flexibility index (Phi) is 3.31. The maximum absolute atomic E-state index is 12.0. The van der Waals surface area contributed by atoms with Gasteiger partial charge in [-0.05, 0) is 25.5 Å². The van der Waals surface area contributed by atoms with Crippen LogP contribution in [0.15, 0.2) is 40.5 Å². The Hall–Kier alpha value is -2.47. The van der Waals surface area contributed by atoms with Gasteiger partial charge in [0.15, 0.2) is 0 Å². The van der Waals surface area contributed by atoms with Crippen molar-refractivity contribution in [3.05, 3.63) is 56.8 Å². The quantitative estimate of drug-likeness (QED) is 0.648. The average Bonchev–Trinajstić information content (AvgIpc) is 2.73. The average molecular weight is 299 g/mol. The van der Waals surface area contributed by atoms with Crippen molar-refractivity contribution in [1.29, 1.82) is 0 Å². The highest BCUT2D eigenvalue weighted by molar-refractivity contribution is 7.09. The third kappa shape index (κ3) is 2.34. The van der Waals surface area contributed by atoms with Crippen LogP contribution in [0.25, 0.3) is 6.08 Å². The van der Waals surface area contributed by atoms with E-state index in [1.807, 2.05) is 31.2 Å². The lowest BCUT2D eigenvalue weighted by molar-refractivity contribution is -0.108. The summed E-state index contributed by atoms with van der Waals surface area (Å²) in [5, 5.41) is 18.0. The number of benzene rings is 1. The second kappa shape index (κ2) is 5.14. The Balaban J connectivity index is 2.13. The minimum absolute atomic E-state index is 0.188. The van der Waals surface area contributed by atoms with E-state index in [9.17, 15) is 10.0 Å². The molecule has 0 bridgehead atoms. The standard InChI is InChI=1S/C15H13N3O2S/c1-9-10(2)21-15(18(9)20)17-16-14-12-6-4-3-5-11(12)7-8-13(14)19/h3-8,20H,1-2H3/b16-14-,17-15+. The molecule has 1 aliphatic rings. The van der Waals surface area contributed by atoms with Crippen molar-refractivity contribution in [2.75, 3.05) is 0 Å². The van der Waals surface area contributed by atoms with Crippen LogP contribution in [0.3, 0.4) is 0 Å². The number of ketones is 1. The minimum Gasteiger partial charge on any atom is -0.426 e. The molecule has 0 saturated heterocycles. The summed E-state index contributed by atoms with van der Waals surface area (Å²) in [7, 11) is 0. The normalized spacial score (nSPS) is 16.6. The Labute approximate surface area is 125 Å². The highest BCUT2D eigenvalue weighted by Crippen LogP contribution is 2.17. The van der Waals surface area contributed by atoms with Gasteiger partial charge in [0.25, 0.3) is 0 Å². The molecule has 1 aliphatic carbocycles. The predicted octanol–water partition coefficient (Wildman–Crippen LogP) is 2.30. The molecule has 6 heteroatoms. The first-order valence-corrected chi connectivity index (χ1v) is 7.21. The van der Waals surface area contributed by atoms with Crippen LogP contribution in [0, 0.1) is 13.8 Å². The molecular weight excluding hydrogens is 286 g/mol. The summed E-state index contributed by atoms with van der Waals surface area (Å²) in [5.41, 5.74) is 2.69. The van der Waals surface area contributed by atoms with Gasteiger partial charge in [0.1, 0.15) is 5.71 Å². The van der Waals surface area contributed by atoms with E-state index < -0.39 is 0 Å². The smallest absolute Gasteiger partial charge is 0.244 e. The van der Waals surface area contributed by atoms with Gasteiger partial charge in [-0.15, -0.1) is 10.2 Å². The van der Waals surface area contributed by atoms with Crippen LogP contribution < -0.4 is 4.80 Å². The van der Waals surface area contributed by atoms with Crippen molar-refractivity contribution in [3.63, 3.8) is 0 Å². The first-order chi connectivity index (χ1) is 10.1. The Morgan fingerprint density at radius 3 is 2.62 bits per heavy atom. The van der Waals surface area contributed by atoms with Crippen LogP contribution in [-0.2, 0) is 4.79 Å². The fourth-order valence-corrected chi connectivity index (χ4v) is 2.85. The van der Waals surface area contributed by atoms with Gasteiger partial charge in [0.2, 0.25) is 10.6 Å². The summed E-state index contributed by atoms with van der Waals surface area (Å²) in [4.78, 5) is 13.3. The third-order valence-electron chi connectivity index (χ3n) is 3.35. The number of aryl methyl sites for hydroxylation is 1. The van der Waals surface area contributed by atoms with Crippen molar-refractivity contribution in [2.45, 2.75) is 13.8 Å². The molecule has 0 amide bonds. The number of nitrogens with zero attached hydrogens (tertiary/aromatic N) is 3. The molecule has 2 aromatic rings. The molecule has 106 valence electrons. The van der Waals surface area contributed by atoms with E-state index in [2.05, 4.69) is 10.2 Å². The molecule has 0 saturated carbocycles. The summed E-state index contributed by atoms with van der Waals surface area (Å²) in [6.45, 7) is 3.68. The third-order valence-corrected chi connectivity index (χ3v) is 4.39. The fourth-order valence-electron chi connectivity index (χ4n) is 2.04. The maximum Gasteiger partial charge on any atom is 0.244 e. The zero-order chi connectivity index (χ0) is 15.0. The van der Waals surface area contributed by atoms with E-state index in [0.29, 0.717) is 10.5 Å². The lowest BCUT2D eigenvalue weighted by Crippen LogP contribution is -2.18. The topological polar surface area (TPSA) is 67.0 Å². The van der Waals surface area contributed by atoms with Crippen molar-refractivity contribution in [3.8, 4) is 0 Å². The molecule has 1 N–H and O–H groups in total. The highest BCUT2D eigenvalue weighted by Gasteiger charge is 2.18. The van der Waals surface area contributed by atoms with Crippen LogP contribution in [0.5, 0.6) is 0 Å². The van der Waals surface area contributed by atoms with Crippen molar-refractivity contribution in [2.24, 2.45) is 10.2 Å². The van der Waals surface area contributed by atoms with Crippen LogP contribution in [-0.4, -0.2) is 21.4 Å². The highest BCUT2D eigenvalue weighted by atomic mass is 32.1. The zero-order valence-electron chi connectivity index (χ0n) is 11.6.